The topological polar surface area (TPSA) is 63.5 Å². The van der Waals surface area contributed by atoms with Crippen LogP contribution >= 0.6 is 24.0 Å². The minimum absolute atomic E-state index is 0. The number of aliphatic imine (C=N–C) groups is 1. The Morgan fingerprint density at radius 2 is 2.08 bits per heavy atom. The van der Waals surface area contributed by atoms with Crippen molar-refractivity contribution in [2.45, 2.75) is 19.9 Å². The summed E-state index contributed by atoms with van der Waals surface area (Å²) in [5.74, 6) is 1.74. The van der Waals surface area contributed by atoms with Crippen molar-refractivity contribution in [2.24, 2.45) is 4.99 Å². The lowest BCUT2D eigenvalue weighted by Gasteiger charge is -2.12. The van der Waals surface area contributed by atoms with E-state index >= 15 is 0 Å². The van der Waals surface area contributed by atoms with Gasteiger partial charge in [0.05, 0.1) is 13.7 Å². The van der Waals surface area contributed by atoms with E-state index in [9.17, 15) is 0 Å². The number of nitrogens with zero attached hydrogens (tertiary/aromatic N) is 3. The van der Waals surface area contributed by atoms with Crippen LogP contribution < -0.4 is 15.4 Å². The highest BCUT2D eigenvalue weighted by atomic mass is 127. The second-order valence-electron chi connectivity index (χ2n) is 5.25. The minimum Gasteiger partial charge on any atom is -0.496 e. The number of hydrogen-bond acceptors (Lipinski definition) is 3. The van der Waals surface area contributed by atoms with Gasteiger partial charge in [-0.15, -0.1) is 24.0 Å². The van der Waals surface area contributed by atoms with E-state index in [1.165, 1.54) is 5.56 Å². The second kappa shape index (κ2) is 10.9. The number of aromatic nitrogens is 2. The van der Waals surface area contributed by atoms with Crippen LogP contribution in [0.25, 0.3) is 0 Å². The van der Waals surface area contributed by atoms with Crippen LogP contribution in [0.3, 0.4) is 0 Å². The van der Waals surface area contributed by atoms with Crippen molar-refractivity contribution in [3.05, 3.63) is 47.8 Å². The summed E-state index contributed by atoms with van der Waals surface area (Å²) < 4.78 is 7.25. The van der Waals surface area contributed by atoms with Gasteiger partial charge in [0, 0.05) is 32.5 Å². The van der Waals surface area contributed by atoms with E-state index < -0.39 is 0 Å². The number of rotatable bonds is 7. The molecule has 0 radical (unpaired) electrons. The SMILES string of the molecule is CN=C(NCCc1ccc(C)c(OC)c1)NCCn1cccn1.I. The van der Waals surface area contributed by atoms with E-state index in [2.05, 4.69) is 38.9 Å². The van der Waals surface area contributed by atoms with Gasteiger partial charge in [-0.3, -0.25) is 9.67 Å². The number of hydrogen-bond donors (Lipinski definition) is 2. The lowest BCUT2D eigenvalue weighted by Crippen LogP contribution is -2.39. The fourth-order valence-electron chi connectivity index (χ4n) is 2.29. The molecular formula is C17H26IN5O. The van der Waals surface area contributed by atoms with Gasteiger partial charge in [-0.05, 0) is 36.6 Å². The highest BCUT2D eigenvalue weighted by Gasteiger charge is 2.02. The normalized spacial score (nSPS) is 10.9. The van der Waals surface area contributed by atoms with Crippen LogP contribution in [0.2, 0.25) is 0 Å². The maximum absolute atomic E-state index is 5.36. The first-order chi connectivity index (χ1) is 11.2. The molecular weight excluding hydrogens is 417 g/mol. The van der Waals surface area contributed by atoms with Gasteiger partial charge in [-0.25, -0.2) is 0 Å². The smallest absolute Gasteiger partial charge is 0.191 e. The van der Waals surface area contributed by atoms with Crippen LogP contribution in [0.15, 0.2) is 41.7 Å². The fourth-order valence-corrected chi connectivity index (χ4v) is 2.29. The van der Waals surface area contributed by atoms with Crippen molar-refractivity contribution in [3.63, 3.8) is 0 Å². The molecule has 0 aliphatic rings. The molecule has 0 aliphatic heterocycles. The molecule has 1 aromatic carbocycles. The molecule has 1 heterocycles. The van der Waals surface area contributed by atoms with Crippen LogP contribution in [0.5, 0.6) is 5.75 Å². The summed E-state index contributed by atoms with van der Waals surface area (Å²) in [5, 5.41) is 10.8. The van der Waals surface area contributed by atoms with Gasteiger partial charge < -0.3 is 15.4 Å². The monoisotopic (exact) mass is 443 g/mol. The number of guanidine groups is 1. The Morgan fingerprint density at radius 3 is 2.75 bits per heavy atom. The Balaban J connectivity index is 0.00000288. The van der Waals surface area contributed by atoms with Gasteiger partial charge in [0.15, 0.2) is 5.96 Å². The van der Waals surface area contributed by atoms with Crippen LogP contribution in [0.1, 0.15) is 11.1 Å². The molecule has 132 valence electrons. The molecule has 0 aliphatic carbocycles. The van der Waals surface area contributed by atoms with Crippen molar-refractivity contribution in [2.75, 3.05) is 27.2 Å². The maximum atomic E-state index is 5.36. The van der Waals surface area contributed by atoms with E-state index in [0.717, 1.165) is 43.3 Å². The van der Waals surface area contributed by atoms with E-state index in [0.29, 0.717) is 0 Å². The zero-order valence-electron chi connectivity index (χ0n) is 14.5. The Hall–Kier alpha value is -1.77. The summed E-state index contributed by atoms with van der Waals surface area (Å²) in [6.07, 6.45) is 4.64. The lowest BCUT2D eigenvalue weighted by molar-refractivity contribution is 0.411. The third-order valence-electron chi connectivity index (χ3n) is 3.59. The Kier molecular flexibility index (Phi) is 9.21. The van der Waals surface area contributed by atoms with E-state index in [1.807, 2.05) is 23.9 Å². The largest absolute Gasteiger partial charge is 0.496 e. The van der Waals surface area contributed by atoms with Crippen molar-refractivity contribution in [1.29, 1.82) is 0 Å². The predicted molar refractivity (Wildman–Crippen MR) is 108 cm³/mol. The molecule has 24 heavy (non-hydrogen) atoms. The Morgan fingerprint density at radius 1 is 1.29 bits per heavy atom. The van der Waals surface area contributed by atoms with Crippen molar-refractivity contribution >= 4 is 29.9 Å². The molecule has 0 saturated carbocycles. The van der Waals surface area contributed by atoms with Crippen LogP contribution in [0, 0.1) is 6.92 Å². The van der Waals surface area contributed by atoms with Gasteiger partial charge in [0.1, 0.15) is 5.75 Å². The zero-order chi connectivity index (χ0) is 16.5. The third-order valence-corrected chi connectivity index (χ3v) is 3.59. The quantitative estimate of drug-likeness (QED) is 0.392. The number of nitrogens with one attached hydrogen (secondary N) is 2. The van der Waals surface area contributed by atoms with Gasteiger partial charge in [0.2, 0.25) is 0 Å². The first-order valence-corrected chi connectivity index (χ1v) is 7.78. The lowest BCUT2D eigenvalue weighted by atomic mass is 10.1. The summed E-state index contributed by atoms with van der Waals surface area (Å²) in [6.45, 7) is 4.45. The van der Waals surface area contributed by atoms with Crippen molar-refractivity contribution in [1.82, 2.24) is 20.4 Å². The molecule has 0 atom stereocenters. The summed E-state index contributed by atoms with van der Waals surface area (Å²) in [6, 6.07) is 8.23. The van der Waals surface area contributed by atoms with Crippen LogP contribution in [-0.2, 0) is 13.0 Å². The average Bonchev–Trinajstić information content (AvgIpc) is 3.08. The first kappa shape index (κ1) is 20.3. The zero-order valence-corrected chi connectivity index (χ0v) is 16.8. The van der Waals surface area contributed by atoms with Crippen LogP contribution in [-0.4, -0.2) is 43.0 Å². The second-order valence-corrected chi connectivity index (χ2v) is 5.25. The van der Waals surface area contributed by atoms with Gasteiger partial charge in [-0.1, -0.05) is 12.1 Å². The molecule has 0 bridgehead atoms. The molecule has 2 N–H and O–H groups in total. The number of halogens is 1. The molecule has 0 spiro atoms. The molecule has 0 unspecified atom stereocenters. The van der Waals surface area contributed by atoms with E-state index in [1.54, 1.807) is 20.4 Å². The van der Waals surface area contributed by atoms with E-state index in [-0.39, 0.29) is 24.0 Å². The Bertz CT molecular complexity index is 628. The highest BCUT2D eigenvalue weighted by Crippen LogP contribution is 2.18. The fraction of sp³-hybridized carbons (Fsp3) is 0.412. The first-order valence-electron chi connectivity index (χ1n) is 7.78. The van der Waals surface area contributed by atoms with Gasteiger partial charge in [-0.2, -0.15) is 5.10 Å². The van der Waals surface area contributed by atoms with Crippen LogP contribution in [0.4, 0.5) is 0 Å². The summed E-state index contributed by atoms with van der Waals surface area (Å²) >= 11 is 0. The predicted octanol–water partition coefficient (Wildman–Crippen LogP) is 2.23. The molecule has 0 saturated heterocycles. The summed E-state index contributed by atoms with van der Waals surface area (Å²) in [7, 11) is 3.48. The Labute approximate surface area is 160 Å². The average molecular weight is 443 g/mol. The minimum atomic E-state index is 0. The molecule has 0 fully saturated rings. The van der Waals surface area contributed by atoms with Crippen molar-refractivity contribution < 1.29 is 4.74 Å². The molecule has 2 rings (SSSR count). The molecule has 1 aromatic heterocycles. The maximum Gasteiger partial charge on any atom is 0.191 e. The highest BCUT2D eigenvalue weighted by molar-refractivity contribution is 14.0. The number of ether oxygens (including phenoxy) is 1. The molecule has 6 nitrogen and oxygen atoms in total. The standard InChI is InChI=1S/C17H25N5O.HI/c1-14-5-6-15(13-16(14)23-3)7-9-19-17(18-2)20-10-12-22-11-4-8-21-22;/h4-6,8,11,13H,7,9-10,12H2,1-3H3,(H2,18,19,20);1H. The third kappa shape index (κ3) is 6.38. The number of methoxy groups -OCH3 is 1. The summed E-state index contributed by atoms with van der Waals surface area (Å²) in [4.78, 5) is 4.23. The molecule has 0 amide bonds. The number of aryl methyl sites for hydroxylation is 1. The summed E-state index contributed by atoms with van der Waals surface area (Å²) in [5.41, 5.74) is 2.40. The van der Waals surface area contributed by atoms with Gasteiger partial charge in [0.25, 0.3) is 0 Å². The van der Waals surface area contributed by atoms with Crippen molar-refractivity contribution in [3.8, 4) is 5.75 Å². The van der Waals surface area contributed by atoms with Gasteiger partial charge >= 0.3 is 0 Å². The molecule has 2 aromatic rings. The van der Waals surface area contributed by atoms with E-state index in [4.69, 9.17) is 4.74 Å². The number of benzene rings is 1. The molecule has 7 heteroatoms.